The second-order valence-electron chi connectivity index (χ2n) is 5.14. The van der Waals surface area contributed by atoms with E-state index in [0.29, 0.717) is 17.4 Å². The van der Waals surface area contributed by atoms with Gasteiger partial charge in [-0.25, -0.2) is 5.43 Å². The fraction of sp³-hybridized carbons (Fsp3) is 0.333. The number of rotatable bonds is 3. The lowest BCUT2D eigenvalue weighted by atomic mass is 9.95. The lowest BCUT2D eigenvalue weighted by molar-refractivity contribution is 0.0954. The first-order chi connectivity index (χ1) is 9.24. The molecule has 1 aromatic carbocycles. The van der Waals surface area contributed by atoms with E-state index in [2.05, 4.69) is 38.6 Å². The predicted octanol–water partition coefficient (Wildman–Crippen LogP) is 3.38. The first kappa shape index (κ1) is 12.6. The van der Waals surface area contributed by atoms with Gasteiger partial charge in [0.1, 0.15) is 0 Å². The van der Waals surface area contributed by atoms with Gasteiger partial charge in [0, 0.05) is 16.6 Å². The van der Waals surface area contributed by atoms with Crippen LogP contribution in [-0.4, -0.2) is 12.1 Å². The Morgan fingerprint density at radius 3 is 2.84 bits per heavy atom. The predicted molar refractivity (Wildman–Crippen MR) is 78.9 cm³/mol. The molecule has 0 saturated heterocycles. The van der Waals surface area contributed by atoms with Crippen molar-refractivity contribution < 1.29 is 4.79 Å². The average molecular weight is 319 g/mol. The Hall–Kier alpha value is -1.42. The summed E-state index contributed by atoms with van der Waals surface area (Å²) >= 11 is 3.36. The third-order valence-electron chi connectivity index (χ3n) is 3.88. The van der Waals surface area contributed by atoms with Gasteiger partial charge in [0.2, 0.25) is 0 Å². The number of amides is 1. The number of benzene rings is 1. The molecule has 4 heteroatoms. The fourth-order valence-corrected chi connectivity index (χ4v) is 3.36. The van der Waals surface area contributed by atoms with E-state index in [4.69, 9.17) is 0 Å². The van der Waals surface area contributed by atoms with E-state index in [9.17, 15) is 4.79 Å². The summed E-state index contributed by atoms with van der Waals surface area (Å²) in [7, 11) is 0. The van der Waals surface area contributed by atoms with Crippen molar-refractivity contribution in [2.24, 2.45) is 22.9 Å². The standard InChI is InChI=1S/C15H15BrN2O/c16-14-4-2-1-3-13(14)15(19)18-17-9-12-8-10-5-6-11(12)7-10/h1-6,9-12H,7-8H2,(H,18,19)/b17-9-/t10-,11-,12-/m1/s1. The first-order valence-corrected chi connectivity index (χ1v) is 7.29. The van der Waals surface area contributed by atoms with Crippen molar-refractivity contribution in [2.45, 2.75) is 12.8 Å². The Balaban J connectivity index is 1.59. The Morgan fingerprint density at radius 2 is 2.16 bits per heavy atom. The second kappa shape index (κ2) is 5.29. The maximum atomic E-state index is 11.9. The number of nitrogens with one attached hydrogen (secondary N) is 1. The van der Waals surface area contributed by atoms with Crippen LogP contribution in [0.25, 0.3) is 0 Å². The number of halogens is 1. The molecule has 1 fully saturated rings. The molecule has 0 spiro atoms. The van der Waals surface area contributed by atoms with Gasteiger partial charge in [-0.15, -0.1) is 0 Å². The molecule has 1 amide bonds. The first-order valence-electron chi connectivity index (χ1n) is 6.50. The van der Waals surface area contributed by atoms with Crippen LogP contribution in [0.5, 0.6) is 0 Å². The summed E-state index contributed by atoms with van der Waals surface area (Å²) in [6, 6.07) is 7.34. The van der Waals surface area contributed by atoms with Gasteiger partial charge in [0.05, 0.1) is 5.56 Å². The molecule has 3 nitrogen and oxygen atoms in total. The van der Waals surface area contributed by atoms with Gasteiger partial charge < -0.3 is 0 Å². The Labute approximate surface area is 120 Å². The van der Waals surface area contributed by atoms with E-state index in [1.165, 1.54) is 6.42 Å². The van der Waals surface area contributed by atoms with Crippen molar-refractivity contribution in [3.8, 4) is 0 Å². The highest BCUT2D eigenvalue weighted by atomic mass is 79.9. The minimum atomic E-state index is -0.178. The van der Waals surface area contributed by atoms with Crippen LogP contribution >= 0.6 is 15.9 Å². The van der Waals surface area contributed by atoms with E-state index in [0.717, 1.165) is 16.8 Å². The van der Waals surface area contributed by atoms with Gasteiger partial charge >= 0.3 is 0 Å². The highest BCUT2D eigenvalue weighted by molar-refractivity contribution is 9.10. The summed E-state index contributed by atoms with van der Waals surface area (Å²) in [5.74, 6) is 1.64. The molecule has 2 aliphatic rings. The Morgan fingerprint density at radius 1 is 1.32 bits per heavy atom. The number of hydrogen-bond donors (Lipinski definition) is 1. The molecule has 1 aromatic rings. The van der Waals surface area contributed by atoms with Gasteiger partial charge in [0.15, 0.2) is 0 Å². The molecular formula is C15H15BrN2O. The minimum absolute atomic E-state index is 0.178. The largest absolute Gasteiger partial charge is 0.272 e. The normalized spacial score (nSPS) is 28.2. The van der Waals surface area contributed by atoms with E-state index >= 15 is 0 Å². The molecule has 0 aromatic heterocycles. The third kappa shape index (κ3) is 2.63. The molecule has 3 rings (SSSR count). The van der Waals surface area contributed by atoms with E-state index in [1.807, 2.05) is 24.4 Å². The maximum absolute atomic E-state index is 11.9. The average Bonchev–Trinajstić information content (AvgIpc) is 3.01. The Bertz CT molecular complexity index is 553. The second-order valence-corrected chi connectivity index (χ2v) is 6.00. The van der Waals surface area contributed by atoms with Gasteiger partial charge in [-0.05, 0) is 52.7 Å². The van der Waals surface area contributed by atoms with Crippen molar-refractivity contribution >= 4 is 28.1 Å². The summed E-state index contributed by atoms with van der Waals surface area (Å²) in [6.45, 7) is 0. The summed E-state index contributed by atoms with van der Waals surface area (Å²) in [4.78, 5) is 11.9. The molecule has 1 saturated carbocycles. The number of allylic oxidation sites excluding steroid dienone is 2. The van der Waals surface area contributed by atoms with E-state index in [1.54, 1.807) is 6.07 Å². The lowest BCUT2D eigenvalue weighted by Gasteiger charge is -2.12. The van der Waals surface area contributed by atoms with E-state index < -0.39 is 0 Å². The molecule has 3 atom stereocenters. The number of carbonyl (C=O) groups excluding carboxylic acids is 1. The molecule has 0 unspecified atom stereocenters. The van der Waals surface area contributed by atoms with Crippen molar-refractivity contribution in [3.05, 3.63) is 46.5 Å². The van der Waals surface area contributed by atoms with Gasteiger partial charge in [0.25, 0.3) is 5.91 Å². The van der Waals surface area contributed by atoms with Gasteiger partial charge in [-0.1, -0.05) is 24.3 Å². The van der Waals surface area contributed by atoms with Crippen molar-refractivity contribution in [2.75, 3.05) is 0 Å². The van der Waals surface area contributed by atoms with E-state index in [-0.39, 0.29) is 5.91 Å². The summed E-state index contributed by atoms with van der Waals surface area (Å²) < 4.78 is 0.783. The van der Waals surface area contributed by atoms with Crippen LogP contribution in [0.4, 0.5) is 0 Å². The van der Waals surface area contributed by atoms with Crippen LogP contribution in [0.15, 0.2) is 46.0 Å². The molecule has 0 radical (unpaired) electrons. The number of hydrazone groups is 1. The zero-order valence-corrected chi connectivity index (χ0v) is 12.0. The molecule has 98 valence electrons. The number of nitrogens with zero attached hydrogens (tertiary/aromatic N) is 1. The van der Waals surface area contributed by atoms with Crippen molar-refractivity contribution in [1.29, 1.82) is 0 Å². The fourth-order valence-electron chi connectivity index (χ4n) is 2.89. The zero-order chi connectivity index (χ0) is 13.2. The lowest BCUT2D eigenvalue weighted by Crippen LogP contribution is -2.19. The molecule has 1 N–H and O–H groups in total. The summed E-state index contributed by atoms with van der Waals surface area (Å²) in [5, 5.41) is 4.11. The molecule has 2 aliphatic carbocycles. The topological polar surface area (TPSA) is 41.5 Å². The summed E-state index contributed by atoms with van der Waals surface area (Å²) in [6.07, 6.45) is 8.88. The minimum Gasteiger partial charge on any atom is -0.267 e. The number of fused-ring (bicyclic) bond motifs is 2. The molecule has 19 heavy (non-hydrogen) atoms. The smallest absolute Gasteiger partial charge is 0.267 e. The highest BCUT2D eigenvalue weighted by Gasteiger charge is 2.34. The molecule has 0 aliphatic heterocycles. The van der Waals surface area contributed by atoms with Gasteiger partial charge in [-0.3, -0.25) is 4.79 Å². The molecule has 0 heterocycles. The zero-order valence-electron chi connectivity index (χ0n) is 10.4. The SMILES string of the molecule is O=C(N/N=C\[C@H]1C[C@@H]2C=C[C@@H]1C2)c1ccccc1Br. The maximum Gasteiger partial charge on any atom is 0.272 e. The van der Waals surface area contributed by atoms with Crippen LogP contribution in [0.2, 0.25) is 0 Å². The quantitative estimate of drug-likeness (QED) is 0.518. The number of carbonyl (C=O) groups is 1. The molecular weight excluding hydrogens is 304 g/mol. The van der Waals surface area contributed by atoms with Crippen molar-refractivity contribution in [3.63, 3.8) is 0 Å². The monoisotopic (exact) mass is 318 g/mol. The molecule has 2 bridgehead atoms. The summed E-state index contributed by atoms with van der Waals surface area (Å²) in [5.41, 5.74) is 3.21. The van der Waals surface area contributed by atoms with Crippen LogP contribution < -0.4 is 5.43 Å². The Kier molecular flexibility index (Phi) is 3.51. The van der Waals surface area contributed by atoms with Crippen LogP contribution in [0.3, 0.4) is 0 Å². The number of hydrogen-bond acceptors (Lipinski definition) is 2. The van der Waals surface area contributed by atoms with Crippen molar-refractivity contribution in [1.82, 2.24) is 5.43 Å². The third-order valence-corrected chi connectivity index (χ3v) is 4.57. The van der Waals surface area contributed by atoms with Crippen LogP contribution in [-0.2, 0) is 0 Å². The highest BCUT2D eigenvalue weighted by Crippen LogP contribution is 2.42. The van der Waals surface area contributed by atoms with Gasteiger partial charge in [-0.2, -0.15) is 5.10 Å². The van der Waals surface area contributed by atoms with Crippen LogP contribution in [0, 0.1) is 17.8 Å². The van der Waals surface area contributed by atoms with Crippen LogP contribution in [0.1, 0.15) is 23.2 Å².